The predicted octanol–water partition coefficient (Wildman–Crippen LogP) is 3.65. The molecule has 144 valence electrons. The Morgan fingerprint density at radius 1 is 1.14 bits per heavy atom. The van der Waals surface area contributed by atoms with Gasteiger partial charge >= 0.3 is 0 Å². The lowest BCUT2D eigenvalue weighted by Crippen LogP contribution is -2.11. The molecule has 0 aliphatic rings. The minimum atomic E-state index is -3.76. The van der Waals surface area contributed by atoms with E-state index >= 15 is 0 Å². The number of hydrogen-bond donors (Lipinski definition) is 1. The monoisotopic (exact) mass is 414 g/mol. The maximum atomic E-state index is 11.6. The second-order valence-corrected chi connectivity index (χ2v) is 8.68. The van der Waals surface area contributed by atoms with Crippen molar-refractivity contribution < 1.29 is 12.9 Å². The molecule has 28 heavy (non-hydrogen) atoms. The smallest absolute Gasteiger partial charge is 0.238 e. The molecule has 0 unspecified atom stereocenters. The Morgan fingerprint density at radius 3 is 2.64 bits per heavy atom. The lowest BCUT2D eigenvalue weighted by atomic mass is 10.2. The van der Waals surface area contributed by atoms with E-state index in [9.17, 15) is 8.42 Å². The molecule has 0 amide bonds. The first kappa shape index (κ1) is 18.7. The molecule has 0 saturated heterocycles. The van der Waals surface area contributed by atoms with Crippen molar-refractivity contribution in [3.63, 3.8) is 0 Å². The second kappa shape index (κ2) is 7.42. The molecule has 7 nitrogen and oxygen atoms in total. The van der Waals surface area contributed by atoms with Crippen LogP contribution in [0.25, 0.3) is 22.4 Å². The van der Waals surface area contributed by atoms with Crippen molar-refractivity contribution in [2.24, 2.45) is 5.14 Å². The molecule has 0 bridgehead atoms. The molecule has 4 aromatic rings. The van der Waals surface area contributed by atoms with Gasteiger partial charge < -0.3 is 9.09 Å². The molecule has 0 fully saturated rings. The first-order chi connectivity index (χ1) is 13.5. The Hall–Kier alpha value is -2.62. The standard InChI is InChI=1S/C19H18N4O3S2/c1-2-23-17-9-8-15(28(20,24)25)11-16(17)21-19(23)27-12-14-10-18(26-22-14)13-6-4-3-5-7-13/h3-11H,2,12H2,1H3,(H2,20,24,25). The summed E-state index contributed by atoms with van der Waals surface area (Å²) in [7, 11) is -3.76. The zero-order valence-electron chi connectivity index (χ0n) is 15.1. The lowest BCUT2D eigenvalue weighted by molar-refractivity contribution is 0.426. The summed E-state index contributed by atoms with van der Waals surface area (Å²) < 4.78 is 30.6. The lowest BCUT2D eigenvalue weighted by Gasteiger charge is -2.04. The molecule has 0 saturated carbocycles. The summed E-state index contributed by atoms with van der Waals surface area (Å²) in [5, 5.41) is 10.1. The molecule has 2 aromatic heterocycles. The highest BCUT2D eigenvalue weighted by molar-refractivity contribution is 7.98. The quantitative estimate of drug-likeness (QED) is 0.483. The minimum absolute atomic E-state index is 0.0568. The van der Waals surface area contributed by atoms with Gasteiger partial charge in [-0.3, -0.25) is 0 Å². The van der Waals surface area contributed by atoms with Crippen molar-refractivity contribution >= 4 is 32.8 Å². The van der Waals surface area contributed by atoms with E-state index in [-0.39, 0.29) is 4.90 Å². The van der Waals surface area contributed by atoms with Crippen LogP contribution in [-0.4, -0.2) is 23.1 Å². The highest BCUT2D eigenvalue weighted by atomic mass is 32.2. The summed E-state index contributed by atoms with van der Waals surface area (Å²) in [6, 6.07) is 16.5. The fraction of sp³-hybridized carbons (Fsp3) is 0.158. The summed E-state index contributed by atoms with van der Waals surface area (Å²) in [5.41, 5.74) is 3.25. The molecule has 0 radical (unpaired) electrons. The maximum absolute atomic E-state index is 11.6. The van der Waals surface area contributed by atoms with Gasteiger partial charge in [-0.05, 0) is 25.1 Å². The van der Waals surface area contributed by atoms with Crippen LogP contribution in [0.4, 0.5) is 0 Å². The highest BCUT2D eigenvalue weighted by Gasteiger charge is 2.15. The number of aromatic nitrogens is 3. The zero-order chi connectivity index (χ0) is 19.7. The molecular weight excluding hydrogens is 396 g/mol. The van der Waals surface area contributed by atoms with Crippen LogP contribution in [0.5, 0.6) is 0 Å². The van der Waals surface area contributed by atoms with Gasteiger partial charge in [-0.25, -0.2) is 18.5 Å². The van der Waals surface area contributed by atoms with E-state index in [1.807, 2.05) is 47.9 Å². The summed E-state index contributed by atoms with van der Waals surface area (Å²) in [5.74, 6) is 1.31. The van der Waals surface area contributed by atoms with Gasteiger partial charge in [0.15, 0.2) is 10.9 Å². The van der Waals surface area contributed by atoms with Crippen LogP contribution < -0.4 is 5.14 Å². The van der Waals surface area contributed by atoms with Gasteiger partial charge in [0.05, 0.1) is 21.6 Å². The van der Waals surface area contributed by atoms with Crippen LogP contribution in [-0.2, 0) is 22.3 Å². The number of benzene rings is 2. The average Bonchev–Trinajstić information content (AvgIpc) is 3.30. The SMILES string of the molecule is CCn1c(SCc2cc(-c3ccccc3)on2)nc2cc(S(N)(=O)=O)ccc21. The predicted molar refractivity (Wildman–Crippen MR) is 108 cm³/mol. The van der Waals surface area contributed by atoms with Crippen molar-refractivity contribution in [3.05, 3.63) is 60.3 Å². The van der Waals surface area contributed by atoms with E-state index in [0.717, 1.165) is 27.7 Å². The maximum Gasteiger partial charge on any atom is 0.238 e. The molecule has 0 aliphatic carbocycles. The van der Waals surface area contributed by atoms with Crippen molar-refractivity contribution in [3.8, 4) is 11.3 Å². The highest BCUT2D eigenvalue weighted by Crippen LogP contribution is 2.29. The van der Waals surface area contributed by atoms with Crippen molar-refractivity contribution in [2.75, 3.05) is 0 Å². The van der Waals surface area contributed by atoms with Gasteiger partial charge in [-0.15, -0.1) is 0 Å². The molecule has 2 aromatic carbocycles. The molecule has 4 rings (SSSR count). The van der Waals surface area contributed by atoms with Gasteiger partial charge in [0, 0.05) is 23.9 Å². The number of sulfonamides is 1. The molecule has 2 N–H and O–H groups in total. The number of nitrogens with two attached hydrogens (primary N) is 1. The first-order valence-electron chi connectivity index (χ1n) is 8.62. The number of hydrogen-bond acceptors (Lipinski definition) is 6. The number of primary sulfonamides is 1. The van der Waals surface area contributed by atoms with E-state index in [1.165, 1.54) is 23.9 Å². The van der Waals surface area contributed by atoms with E-state index in [4.69, 9.17) is 9.66 Å². The fourth-order valence-electron chi connectivity index (χ4n) is 2.94. The van der Waals surface area contributed by atoms with Crippen LogP contribution in [0.15, 0.2) is 69.2 Å². The number of rotatable bonds is 6. The topological polar surface area (TPSA) is 104 Å². The van der Waals surface area contributed by atoms with Crippen LogP contribution >= 0.6 is 11.8 Å². The van der Waals surface area contributed by atoms with E-state index < -0.39 is 10.0 Å². The first-order valence-corrected chi connectivity index (χ1v) is 11.2. The summed E-state index contributed by atoms with van der Waals surface area (Å²) in [4.78, 5) is 4.64. The summed E-state index contributed by atoms with van der Waals surface area (Å²) in [6.07, 6.45) is 0. The average molecular weight is 415 g/mol. The van der Waals surface area contributed by atoms with E-state index in [0.29, 0.717) is 17.8 Å². The van der Waals surface area contributed by atoms with Crippen LogP contribution in [0.3, 0.4) is 0 Å². The normalized spacial score (nSPS) is 11.9. The number of aryl methyl sites for hydroxylation is 1. The third-order valence-electron chi connectivity index (χ3n) is 4.30. The molecule has 0 aliphatic heterocycles. The van der Waals surface area contributed by atoms with Gasteiger partial charge in [0.1, 0.15) is 0 Å². The third-order valence-corrected chi connectivity index (χ3v) is 6.22. The van der Waals surface area contributed by atoms with E-state index in [2.05, 4.69) is 10.1 Å². The van der Waals surface area contributed by atoms with E-state index in [1.54, 1.807) is 6.07 Å². The number of thioether (sulfide) groups is 1. The Balaban J connectivity index is 1.59. The molecule has 0 atom stereocenters. The van der Waals surface area contributed by atoms with Gasteiger partial charge in [0.25, 0.3) is 0 Å². The largest absolute Gasteiger partial charge is 0.356 e. The van der Waals surface area contributed by atoms with Crippen LogP contribution in [0.1, 0.15) is 12.6 Å². The number of fused-ring (bicyclic) bond motifs is 1. The Bertz CT molecular complexity index is 1230. The molecule has 0 spiro atoms. The van der Waals surface area contributed by atoms with Crippen LogP contribution in [0, 0.1) is 0 Å². The second-order valence-electron chi connectivity index (χ2n) is 6.17. The number of imidazole rings is 1. The Kier molecular flexibility index (Phi) is 4.96. The van der Waals surface area contributed by atoms with Crippen LogP contribution in [0.2, 0.25) is 0 Å². The van der Waals surface area contributed by atoms with Gasteiger partial charge in [0.2, 0.25) is 10.0 Å². The summed E-state index contributed by atoms with van der Waals surface area (Å²) in [6.45, 7) is 2.73. The molecular formula is C19H18N4O3S2. The third kappa shape index (κ3) is 3.68. The molecule has 2 heterocycles. The number of nitrogens with zero attached hydrogens (tertiary/aromatic N) is 3. The van der Waals surface area contributed by atoms with Crippen molar-refractivity contribution in [1.82, 2.24) is 14.7 Å². The van der Waals surface area contributed by atoms with Gasteiger partial charge in [-0.1, -0.05) is 47.3 Å². The summed E-state index contributed by atoms with van der Waals surface area (Å²) >= 11 is 1.52. The van der Waals surface area contributed by atoms with Crippen molar-refractivity contribution in [1.29, 1.82) is 0 Å². The van der Waals surface area contributed by atoms with Crippen molar-refractivity contribution in [2.45, 2.75) is 29.3 Å². The molecule has 9 heteroatoms. The zero-order valence-corrected chi connectivity index (χ0v) is 16.7. The minimum Gasteiger partial charge on any atom is -0.356 e. The Labute approximate surface area is 166 Å². The van der Waals surface area contributed by atoms with Gasteiger partial charge in [-0.2, -0.15) is 0 Å². The Morgan fingerprint density at radius 2 is 1.93 bits per heavy atom. The fourth-order valence-corrected chi connectivity index (χ4v) is 4.43.